The van der Waals surface area contributed by atoms with Crippen LogP contribution in [0.25, 0.3) is 11.4 Å². The Hall–Kier alpha value is -3.07. The molecule has 0 unspecified atom stereocenters. The van der Waals surface area contributed by atoms with Gasteiger partial charge in [0.1, 0.15) is 6.33 Å². The molecule has 0 spiro atoms. The highest BCUT2D eigenvalue weighted by Crippen LogP contribution is 2.28. The summed E-state index contributed by atoms with van der Waals surface area (Å²) in [6.07, 6.45) is 7.24. The van der Waals surface area contributed by atoms with Gasteiger partial charge in [-0.25, -0.2) is 4.68 Å². The lowest BCUT2D eigenvalue weighted by Gasteiger charge is -2.25. The summed E-state index contributed by atoms with van der Waals surface area (Å²) < 4.78 is 3.64. The van der Waals surface area contributed by atoms with Gasteiger partial charge in [-0.15, -0.1) is 15.3 Å². The number of nitrogens with zero attached hydrogens (tertiary/aromatic N) is 6. The van der Waals surface area contributed by atoms with Crippen LogP contribution < -0.4 is 11.1 Å². The monoisotopic (exact) mass is 380 g/mol. The zero-order valence-electron chi connectivity index (χ0n) is 16.0. The van der Waals surface area contributed by atoms with E-state index in [9.17, 15) is 4.79 Å². The van der Waals surface area contributed by atoms with E-state index in [4.69, 9.17) is 5.73 Å². The molecule has 0 radical (unpaired) electrons. The Morgan fingerprint density at radius 2 is 2.00 bits per heavy atom. The van der Waals surface area contributed by atoms with Gasteiger partial charge >= 0.3 is 0 Å². The molecule has 4 rings (SSSR count). The number of hydrogen-bond donors (Lipinski definition) is 2. The Kier molecular flexibility index (Phi) is 4.91. The number of benzene rings is 1. The number of hydrogen-bond acceptors (Lipinski definition) is 6. The first-order chi connectivity index (χ1) is 13.5. The van der Waals surface area contributed by atoms with Crippen LogP contribution >= 0.6 is 0 Å². The number of carbonyl (C=O) groups excluding carboxylic acids is 1. The Balaban J connectivity index is 1.51. The first-order valence-corrected chi connectivity index (χ1v) is 9.45. The molecule has 2 heterocycles. The van der Waals surface area contributed by atoms with Crippen molar-refractivity contribution in [2.75, 3.05) is 5.32 Å². The largest absolute Gasteiger partial charge is 0.328 e. The van der Waals surface area contributed by atoms with E-state index in [0.717, 1.165) is 42.6 Å². The minimum absolute atomic E-state index is 0.259. The lowest BCUT2D eigenvalue weighted by molar-refractivity contribution is 0.102. The molecule has 146 valence electrons. The van der Waals surface area contributed by atoms with Crippen LogP contribution in [0.4, 0.5) is 5.69 Å². The van der Waals surface area contributed by atoms with E-state index in [2.05, 4.69) is 25.8 Å². The summed E-state index contributed by atoms with van der Waals surface area (Å²) in [7, 11) is 1.89. The maximum atomic E-state index is 12.7. The van der Waals surface area contributed by atoms with Gasteiger partial charge in [-0.05, 0) is 44.2 Å². The standard InChI is InChI=1S/C19H24N8O/c1-12-15(18-24-21-11-26(18)2)4-3-5-16(12)22-19(28)17-10-27(25-23-17)14-8-6-13(20)7-9-14/h3-5,10-11,13-14H,6-9,20H2,1-2H3,(H,22,28). The lowest BCUT2D eigenvalue weighted by Crippen LogP contribution is -2.28. The fourth-order valence-electron chi connectivity index (χ4n) is 3.65. The smallest absolute Gasteiger partial charge is 0.277 e. The number of nitrogens with two attached hydrogens (primary N) is 1. The van der Waals surface area contributed by atoms with Gasteiger partial charge in [-0.3, -0.25) is 4.79 Å². The number of aromatic nitrogens is 6. The third-order valence-corrected chi connectivity index (χ3v) is 5.39. The van der Waals surface area contributed by atoms with Crippen molar-refractivity contribution in [1.29, 1.82) is 0 Å². The number of carbonyl (C=O) groups is 1. The molecule has 1 aliphatic rings. The second-order valence-corrected chi connectivity index (χ2v) is 7.35. The number of aryl methyl sites for hydroxylation is 1. The Bertz CT molecular complexity index is 983. The third kappa shape index (κ3) is 3.53. The Morgan fingerprint density at radius 3 is 2.71 bits per heavy atom. The number of anilines is 1. The summed E-state index contributed by atoms with van der Waals surface area (Å²) in [4.78, 5) is 12.7. The summed E-state index contributed by atoms with van der Waals surface area (Å²) in [6, 6.07) is 6.23. The summed E-state index contributed by atoms with van der Waals surface area (Å²) >= 11 is 0. The van der Waals surface area contributed by atoms with Crippen LogP contribution in [0.1, 0.15) is 47.8 Å². The van der Waals surface area contributed by atoms with Gasteiger partial charge in [0, 0.05) is 24.3 Å². The molecule has 1 aliphatic carbocycles. The molecule has 1 saturated carbocycles. The van der Waals surface area contributed by atoms with Gasteiger partial charge < -0.3 is 15.6 Å². The molecule has 0 saturated heterocycles. The molecule has 3 aromatic rings. The van der Waals surface area contributed by atoms with E-state index in [-0.39, 0.29) is 18.0 Å². The minimum atomic E-state index is -0.281. The van der Waals surface area contributed by atoms with Gasteiger partial charge in [0.2, 0.25) is 0 Å². The van der Waals surface area contributed by atoms with Crippen molar-refractivity contribution in [3.8, 4) is 11.4 Å². The van der Waals surface area contributed by atoms with Gasteiger partial charge in [0.25, 0.3) is 5.91 Å². The second-order valence-electron chi connectivity index (χ2n) is 7.35. The van der Waals surface area contributed by atoms with Crippen LogP contribution in [-0.4, -0.2) is 41.7 Å². The molecule has 9 heteroatoms. The molecule has 3 N–H and O–H groups in total. The fraction of sp³-hybridized carbons (Fsp3) is 0.421. The van der Waals surface area contributed by atoms with E-state index < -0.39 is 0 Å². The first-order valence-electron chi connectivity index (χ1n) is 9.45. The fourth-order valence-corrected chi connectivity index (χ4v) is 3.65. The van der Waals surface area contributed by atoms with Crippen molar-refractivity contribution >= 4 is 11.6 Å². The maximum absolute atomic E-state index is 12.7. The van der Waals surface area contributed by atoms with Gasteiger partial charge in [0.15, 0.2) is 11.5 Å². The molecule has 0 aliphatic heterocycles. The van der Waals surface area contributed by atoms with E-state index in [0.29, 0.717) is 11.4 Å². The molecule has 0 atom stereocenters. The number of rotatable bonds is 4. The van der Waals surface area contributed by atoms with Gasteiger partial charge in [-0.2, -0.15) is 0 Å². The Morgan fingerprint density at radius 1 is 1.21 bits per heavy atom. The quantitative estimate of drug-likeness (QED) is 0.716. The average molecular weight is 380 g/mol. The molecular formula is C19H24N8O. The topological polar surface area (TPSA) is 117 Å². The maximum Gasteiger partial charge on any atom is 0.277 e. The van der Waals surface area contributed by atoms with Crippen molar-refractivity contribution in [3.05, 3.63) is 42.0 Å². The summed E-state index contributed by atoms with van der Waals surface area (Å²) in [5.74, 6) is 0.465. The summed E-state index contributed by atoms with van der Waals surface area (Å²) in [6.45, 7) is 1.95. The molecule has 2 aromatic heterocycles. The van der Waals surface area contributed by atoms with Gasteiger partial charge in [0.05, 0.1) is 12.2 Å². The van der Waals surface area contributed by atoms with Crippen molar-refractivity contribution in [2.24, 2.45) is 12.8 Å². The lowest BCUT2D eigenvalue weighted by atomic mass is 9.92. The van der Waals surface area contributed by atoms with Crippen molar-refractivity contribution in [3.63, 3.8) is 0 Å². The highest BCUT2D eigenvalue weighted by atomic mass is 16.2. The highest BCUT2D eigenvalue weighted by Gasteiger charge is 2.22. The second kappa shape index (κ2) is 7.51. The van der Waals surface area contributed by atoms with Crippen LogP contribution in [0.3, 0.4) is 0 Å². The van der Waals surface area contributed by atoms with E-state index in [1.807, 2.05) is 36.7 Å². The molecule has 1 fully saturated rings. The minimum Gasteiger partial charge on any atom is -0.328 e. The van der Waals surface area contributed by atoms with E-state index in [1.54, 1.807) is 17.2 Å². The normalized spacial score (nSPS) is 19.5. The molecule has 28 heavy (non-hydrogen) atoms. The van der Waals surface area contributed by atoms with Crippen molar-refractivity contribution in [2.45, 2.75) is 44.7 Å². The van der Waals surface area contributed by atoms with Crippen LogP contribution in [0.5, 0.6) is 0 Å². The zero-order chi connectivity index (χ0) is 19.7. The van der Waals surface area contributed by atoms with Crippen LogP contribution in [0, 0.1) is 6.92 Å². The number of nitrogens with one attached hydrogen (secondary N) is 1. The van der Waals surface area contributed by atoms with Gasteiger partial charge in [-0.1, -0.05) is 17.3 Å². The van der Waals surface area contributed by atoms with Crippen molar-refractivity contribution < 1.29 is 4.79 Å². The predicted octanol–water partition coefficient (Wildman–Crippen LogP) is 2.08. The molecule has 1 aromatic carbocycles. The first kappa shape index (κ1) is 18.3. The summed E-state index contributed by atoms with van der Waals surface area (Å²) in [5.41, 5.74) is 8.82. The van der Waals surface area contributed by atoms with Crippen molar-refractivity contribution in [1.82, 2.24) is 29.8 Å². The molecule has 1 amide bonds. The van der Waals surface area contributed by atoms with Crippen LogP contribution in [-0.2, 0) is 7.05 Å². The average Bonchev–Trinajstić information content (AvgIpc) is 3.33. The molecule has 0 bridgehead atoms. The SMILES string of the molecule is Cc1c(NC(=O)c2cn(C3CCC(N)CC3)nn2)cccc1-c1nncn1C. The Labute approximate surface area is 162 Å². The zero-order valence-corrected chi connectivity index (χ0v) is 16.0. The summed E-state index contributed by atoms with van der Waals surface area (Å²) in [5, 5.41) is 19.2. The third-order valence-electron chi connectivity index (χ3n) is 5.39. The van der Waals surface area contributed by atoms with E-state index in [1.165, 1.54) is 0 Å². The van der Waals surface area contributed by atoms with E-state index >= 15 is 0 Å². The highest BCUT2D eigenvalue weighted by molar-refractivity contribution is 6.03. The van der Waals surface area contributed by atoms with Crippen LogP contribution in [0.2, 0.25) is 0 Å². The number of amides is 1. The predicted molar refractivity (Wildman–Crippen MR) is 105 cm³/mol. The molecular weight excluding hydrogens is 356 g/mol. The molecule has 9 nitrogen and oxygen atoms in total. The van der Waals surface area contributed by atoms with Crippen LogP contribution in [0.15, 0.2) is 30.7 Å².